The summed E-state index contributed by atoms with van der Waals surface area (Å²) in [4.78, 5) is 11.8. The molecule has 1 aromatic carbocycles. The monoisotopic (exact) mass is 300 g/mol. The van der Waals surface area contributed by atoms with Crippen LogP contribution < -0.4 is 10.6 Å². The highest BCUT2D eigenvalue weighted by atomic mass is 19.4. The molecule has 1 unspecified atom stereocenters. The second kappa shape index (κ2) is 6.05. The van der Waals surface area contributed by atoms with E-state index >= 15 is 0 Å². The minimum atomic E-state index is -4.34. The van der Waals surface area contributed by atoms with Gasteiger partial charge >= 0.3 is 6.18 Å². The molecule has 1 heterocycles. The lowest BCUT2D eigenvalue weighted by Crippen LogP contribution is -2.47. The molecule has 0 bridgehead atoms. The summed E-state index contributed by atoms with van der Waals surface area (Å²) in [5, 5.41) is 6.17. The topological polar surface area (TPSA) is 41.1 Å². The van der Waals surface area contributed by atoms with Gasteiger partial charge in [0, 0.05) is 12.1 Å². The number of hydrogen-bond donors (Lipinski definition) is 2. The van der Waals surface area contributed by atoms with E-state index in [1.54, 1.807) is 0 Å². The summed E-state index contributed by atoms with van der Waals surface area (Å²) in [6.07, 6.45) is -2.16. The fourth-order valence-corrected chi connectivity index (χ4v) is 2.46. The molecule has 0 spiro atoms. The highest BCUT2D eigenvalue weighted by molar-refractivity contribution is 5.78. The molecule has 1 fully saturated rings. The quantitative estimate of drug-likeness (QED) is 0.897. The van der Waals surface area contributed by atoms with Crippen LogP contribution in [0.4, 0.5) is 13.2 Å². The first-order valence-corrected chi connectivity index (χ1v) is 6.96. The molecule has 0 radical (unpaired) electrons. The van der Waals surface area contributed by atoms with Crippen molar-refractivity contribution >= 4 is 5.91 Å². The average Bonchev–Trinajstić information content (AvgIpc) is 2.84. The standard InChI is InChI=1S/C15H19F3N2O/c1-14(7-2-8-20-14)10-19-13(21)9-11-3-5-12(6-4-11)15(16,17)18/h3-6,20H,2,7-10H2,1H3,(H,19,21). The molecule has 1 aliphatic rings. The molecule has 0 aliphatic carbocycles. The minimum Gasteiger partial charge on any atom is -0.354 e. The van der Waals surface area contributed by atoms with Crippen LogP contribution in [-0.4, -0.2) is 24.5 Å². The van der Waals surface area contributed by atoms with Crippen molar-refractivity contribution in [3.8, 4) is 0 Å². The van der Waals surface area contributed by atoms with E-state index in [2.05, 4.69) is 17.6 Å². The molecule has 3 nitrogen and oxygen atoms in total. The molecule has 1 aliphatic heterocycles. The van der Waals surface area contributed by atoms with Gasteiger partial charge in [-0.3, -0.25) is 4.79 Å². The molecule has 6 heteroatoms. The van der Waals surface area contributed by atoms with E-state index < -0.39 is 11.7 Å². The van der Waals surface area contributed by atoms with E-state index in [0.717, 1.165) is 31.5 Å². The Hall–Kier alpha value is -1.56. The molecule has 2 N–H and O–H groups in total. The third-order valence-corrected chi connectivity index (χ3v) is 3.78. The number of halogens is 3. The normalized spacial score (nSPS) is 22.3. The summed E-state index contributed by atoms with van der Waals surface area (Å²) in [5.41, 5.74) is -0.199. The van der Waals surface area contributed by atoms with Crippen molar-refractivity contribution in [1.29, 1.82) is 0 Å². The molecule has 1 aromatic rings. The summed E-state index contributed by atoms with van der Waals surface area (Å²) >= 11 is 0. The maximum absolute atomic E-state index is 12.4. The molecule has 21 heavy (non-hydrogen) atoms. The van der Waals surface area contributed by atoms with Crippen molar-refractivity contribution in [2.24, 2.45) is 0 Å². The van der Waals surface area contributed by atoms with Crippen molar-refractivity contribution in [1.82, 2.24) is 10.6 Å². The molecule has 1 saturated heterocycles. The van der Waals surface area contributed by atoms with Crippen LogP contribution in [0.15, 0.2) is 24.3 Å². The minimum absolute atomic E-state index is 0.0736. The fraction of sp³-hybridized carbons (Fsp3) is 0.533. The molecule has 1 atom stereocenters. The van der Waals surface area contributed by atoms with E-state index in [9.17, 15) is 18.0 Å². The predicted molar refractivity (Wildman–Crippen MR) is 73.8 cm³/mol. The van der Waals surface area contributed by atoms with Crippen LogP contribution in [0, 0.1) is 0 Å². The van der Waals surface area contributed by atoms with Gasteiger partial charge in [-0.25, -0.2) is 0 Å². The molecule has 0 saturated carbocycles. The van der Waals surface area contributed by atoms with Crippen LogP contribution in [-0.2, 0) is 17.4 Å². The van der Waals surface area contributed by atoms with Gasteiger partial charge in [0.15, 0.2) is 0 Å². The Bertz CT molecular complexity index is 491. The van der Waals surface area contributed by atoms with Crippen molar-refractivity contribution in [3.63, 3.8) is 0 Å². The van der Waals surface area contributed by atoms with Gasteiger partial charge in [-0.2, -0.15) is 13.2 Å². The zero-order valence-electron chi connectivity index (χ0n) is 11.9. The van der Waals surface area contributed by atoms with E-state index in [-0.39, 0.29) is 17.9 Å². The number of benzene rings is 1. The molecule has 1 amide bonds. The van der Waals surface area contributed by atoms with Crippen molar-refractivity contribution < 1.29 is 18.0 Å². The first-order chi connectivity index (χ1) is 9.78. The van der Waals surface area contributed by atoms with Crippen LogP contribution in [0.25, 0.3) is 0 Å². The third kappa shape index (κ3) is 4.46. The Labute approximate surface area is 121 Å². The Morgan fingerprint density at radius 3 is 2.52 bits per heavy atom. The number of carbonyl (C=O) groups excluding carboxylic acids is 1. The van der Waals surface area contributed by atoms with Gasteiger partial charge in [0.05, 0.1) is 12.0 Å². The van der Waals surface area contributed by atoms with Crippen molar-refractivity contribution in [3.05, 3.63) is 35.4 Å². The smallest absolute Gasteiger partial charge is 0.354 e. The predicted octanol–water partition coefficient (Wildman–Crippen LogP) is 2.51. The van der Waals surface area contributed by atoms with Crippen LogP contribution in [0.3, 0.4) is 0 Å². The van der Waals surface area contributed by atoms with Gasteiger partial charge in [0.1, 0.15) is 0 Å². The lowest BCUT2D eigenvalue weighted by molar-refractivity contribution is -0.137. The molecule has 116 valence electrons. The second-order valence-electron chi connectivity index (χ2n) is 5.74. The van der Waals surface area contributed by atoms with Crippen molar-refractivity contribution in [2.45, 2.75) is 37.9 Å². The highest BCUT2D eigenvalue weighted by Crippen LogP contribution is 2.29. The summed E-state index contributed by atoms with van der Waals surface area (Å²) in [6.45, 7) is 3.54. The zero-order valence-corrected chi connectivity index (χ0v) is 11.9. The number of nitrogens with one attached hydrogen (secondary N) is 2. The third-order valence-electron chi connectivity index (χ3n) is 3.78. The number of rotatable bonds is 4. The Kier molecular flexibility index (Phi) is 4.56. The van der Waals surface area contributed by atoms with Gasteiger partial charge in [0.25, 0.3) is 0 Å². The lowest BCUT2D eigenvalue weighted by Gasteiger charge is -2.24. The van der Waals surface area contributed by atoms with E-state index in [4.69, 9.17) is 0 Å². The molecular formula is C15H19F3N2O. The summed E-state index contributed by atoms with van der Waals surface area (Å²) in [6, 6.07) is 4.70. The Balaban J connectivity index is 1.85. The SMILES string of the molecule is CC1(CNC(=O)Cc2ccc(C(F)(F)F)cc2)CCCN1. The molecule has 0 aromatic heterocycles. The number of amides is 1. The first kappa shape index (κ1) is 15.8. The lowest BCUT2D eigenvalue weighted by atomic mass is 10.0. The van der Waals surface area contributed by atoms with Gasteiger partial charge in [-0.15, -0.1) is 0 Å². The highest BCUT2D eigenvalue weighted by Gasteiger charge is 2.30. The van der Waals surface area contributed by atoms with E-state index in [1.165, 1.54) is 12.1 Å². The summed E-state index contributed by atoms with van der Waals surface area (Å²) in [7, 11) is 0. The van der Waals surface area contributed by atoms with E-state index in [1.807, 2.05) is 0 Å². The van der Waals surface area contributed by atoms with E-state index in [0.29, 0.717) is 12.1 Å². The largest absolute Gasteiger partial charge is 0.416 e. The zero-order chi connectivity index (χ0) is 15.5. The maximum atomic E-state index is 12.4. The maximum Gasteiger partial charge on any atom is 0.416 e. The van der Waals surface area contributed by atoms with Gasteiger partial charge in [-0.05, 0) is 44.0 Å². The summed E-state index contributed by atoms with van der Waals surface area (Å²) < 4.78 is 37.3. The number of carbonyl (C=O) groups is 1. The summed E-state index contributed by atoms with van der Waals surface area (Å²) in [5.74, 6) is -0.176. The fourth-order valence-electron chi connectivity index (χ4n) is 2.46. The number of hydrogen-bond acceptors (Lipinski definition) is 2. The van der Waals surface area contributed by atoms with Gasteiger partial charge in [-0.1, -0.05) is 12.1 Å². The van der Waals surface area contributed by atoms with Gasteiger partial charge < -0.3 is 10.6 Å². The van der Waals surface area contributed by atoms with Crippen LogP contribution >= 0.6 is 0 Å². The molecule has 2 rings (SSSR count). The second-order valence-corrected chi connectivity index (χ2v) is 5.74. The number of alkyl halides is 3. The first-order valence-electron chi connectivity index (χ1n) is 6.96. The Morgan fingerprint density at radius 1 is 1.33 bits per heavy atom. The van der Waals surface area contributed by atoms with Crippen molar-refractivity contribution in [2.75, 3.05) is 13.1 Å². The average molecular weight is 300 g/mol. The van der Waals surface area contributed by atoms with Gasteiger partial charge in [0.2, 0.25) is 5.91 Å². The Morgan fingerprint density at radius 2 is 2.00 bits per heavy atom. The van der Waals surface area contributed by atoms with Crippen LogP contribution in [0.1, 0.15) is 30.9 Å². The van der Waals surface area contributed by atoms with Crippen LogP contribution in [0.2, 0.25) is 0 Å². The van der Waals surface area contributed by atoms with Crippen LogP contribution in [0.5, 0.6) is 0 Å². The molecular weight excluding hydrogens is 281 g/mol.